The summed E-state index contributed by atoms with van der Waals surface area (Å²) in [4.78, 5) is 0. The van der Waals surface area contributed by atoms with E-state index in [1.165, 1.54) is 11.1 Å². The molecule has 0 bridgehead atoms. The Morgan fingerprint density at radius 2 is 1.71 bits per heavy atom. The van der Waals surface area contributed by atoms with E-state index in [1.807, 2.05) is 36.4 Å². The van der Waals surface area contributed by atoms with Crippen LogP contribution in [0.3, 0.4) is 0 Å². The molecule has 0 radical (unpaired) electrons. The van der Waals surface area contributed by atoms with Crippen LogP contribution in [-0.4, -0.2) is 10.7 Å². The molecule has 0 saturated carbocycles. The Kier molecular flexibility index (Phi) is 3.95. The molecule has 0 unspecified atom stereocenters. The van der Waals surface area contributed by atoms with Gasteiger partial charge in [-0.05, 0) is 30.7 Å². The number of hydrazone groups is 1. The van der Waals surface area contributed by atoms with Crippen LogP contribution < -0.4 is 4.74 Å². The van der Waals surface area contributed by atoms with Gasteiger partial charge in [0.15, 0.2) is 0 Å². The number of hydrogen-bond donors (Lipinski definition) is 0. The number of ether oxygens (including phenoxy) is 1. The van der Waals surface area contributed by atoms with Gasteiger partial charge in [-0.2, -0.15) is 5.10 Å². The van der Waals surface area contributed by atoms with E-state index in [9.17, 15) is 0 Å². The lowest BCUT2D eigenvalue weighted by Gasteiger charge is -2.46. The van der Waals surface area contributed by atoms with Gasteiger partial charge in [0.05, 0.1) is 11.8 Å². The SMILES string of the molecule is Cc1ccc(C2=NN3[C@H](C2)c2ccccc2O[C@]3(C)c2ccc(Cl)cc2)cc1. The average molecular weight is 389 g/mol. The molecule has 2 aliphatic heterocycles. The summed E-state index contributed by atoms with van der Waals surface area (Å²) in [6, 6.07) is 24.8. The molecule has 0 aliphatic carbocycles. The largest absolute Gasteiger partial charge is 0.462 e. The lowest BCUT2D eigenvalue weighted by Crippen LogP contribution is -2.48. The van der Waals surface area contributed by atoms with Crippen LogP contribution in [0.15, 0.2) is 77.9 Å². The standard InChI is InChI=1S/C24H21ClN2O/c1-16-7-9-17(10-8-16)21-15-22-20-5-3-4-6-23(20)28-24(2,27(22)26-21)18-11-13-19(25)14-12-18/h3-14,22H,15H2,1-2H3/t22-,24-/m1/s1. The third-order valence-electron chi connectivity index (χ3n) is 5.70. The van der Waals surface area contributed by atoms with Gasteiger partial charge < -0.3 is 4.74 Å². The molecule has 140 valence electrons. The fraction of sp³-hybridized carbons (Fsp3) is 0.208. The number of halogens is 1. The van der Waals surface area contributed by atoms with Gasteiger partial charge in [0.1, 0.15) is 5.75 Å². The highest BCUT2D eigenvalue weighted by Crippen LogP contribution is 2.50. The van der Waals surface area contributed by atoms with E-state index in [-0.39, 0.29) is 6.04 Å². The predicted molar refractivity (Wildman–Crippen MR) is 113 cm³/mol. The second kappa shape index (κ2) is 6.39. The maximum absolute atomic E-state index is 6.54. The molecule has 0 spiro atoms. The normalized spacial score (nSPS) is 22.9. The van der Waals surface area contributed by atoms with Crippen molar-refractivity contribution in [3.8, 4) is 5.75 Å². The van der Waals surface area contributed by atoms with Gasteiger partial charge in [0, 0.05) is 29.5 Å². The molecule has 2 aliphatic rings. The highest BCUT2D eigenvalue weighted by atomic mass is 35.5. The smallest absolute Gasteiger partial charge is 0.221 e. The first-order valence-electron chi connectivity index (χ1n) is 9.52. The summed E-state index contributed by atoms with van der Waals surface area (Å²) >= 11 is 6.12. The molecule has 2 atom stereocenters. The lowest BCUT2D eigenvalue weighted by molar-refractivity contribution is -0.112. The second-order valence-electron chi connectivity index (χ2n) is 7.61. The minimum absolute atomic E-state index is 0.141. The van der Waals surface area contributed by atoms with E-state index < -0.39 is 5.72 Å². The number of fused-ring (bicyclic) bond motifs is 3. The summed E-state index contributed by atoms with van der Waals surface area (Å²) in [5, 5.41) is 7.88. The molecular formula is C24H21ClN2O. The number of nitrogens with zero attached hydrogens (tertiary/aromatic N) is 2. The zero-order valence-electron chi connectivity index (χ0n) is 15.9. The van der Waals surface area contributed by atoms with Crippen molar-refractivity contribution in [2.75, 3.05) is 0 Å². The van der Waals surface area contributed by atoms with Crippen LogP contribution in [0.25, 0.3) is 0 Å². The zero-order chi connectivity index (χ0) is 19.3. The molecule has 5 rings (SSSR count). The fourth-order valence-corrected chi connectivity index (χ4v) is 4.25. The van der Waals surface area contributed by atoms with Crippen LogP contribution in [0.2, 0.25) is 5.02 Å². The summed E-state index contributed by atoms with van der Waals surface area (Å²) in [6.45, 7) is 4.19. The minimum atomic E-state index is -0.698. The van der Waals surface area contributed by atoms with Crippen molar-refractivity contribution >= 4 is 17.3 Å². The number of hydrogen-bond acceptors (Lipinski definition) is 3. The Bertz CT molecular complexity index is 1060. The van der Waals surface area contributed by atoms with Gasteiger partial charge in [-0.1, -0.05) is 71.8 Å². The Balaban J connectivity index is 1.64. The van der Waals surface area contributed by atoms with Gasteiger partial charge in [-0.3, -0.25) is 0 Å². The highest BCUT2D eigenvalue weighted by molar-refractivity contribution is 6.30. The zero-order valence-corrected chi connectivity index (χ0v) is 16.6. The molecule has 0 amide bonds. The molecule has 0 N–H and O–H groups in total. The molecule has 4 heteroatoms. The quantitative estimate of drug-likeness (QED) is 0.532. The molecule has 3 nitrogen and oxygen atoms in total. The van der Waals surface area contributed by atoms with Gasteiger partial charge in [0.25, 0.3) is 0 Å². The van der Waals surface area contributed by atoms with Crippen LogP contribution in [0.1, 0.15) is 41.6 Å². The van der Waals surface area contributed by atoms with E-state index in [2.05, 4.69) is 55.3 Å². The number of benzene rings is 3. The van der Waals surface area contributed by atoms with Crippen molar-refractivity contribution in [1.29, 1.82) is 0 Å². The van der Waals surface area contributed by atoms with Crippen LogP contribution in [0.5, 0.6) is 5.75 Å². The highest BCUT2D eigenvalue weighted by Gasteiger charge is 2.48. The first kappa shape index (κ1) is 17.3. The van der Waals surface area contributed by atoms with Crippen LogP contribution in [0.4, 0.5) is 0 Å². The number of para-hydroxylation sites is 1. The minimum Gasteiger partial charge on any atom is -0.462 e. The van der Waals surface area contributed by atoms with E-state index in [0.717, 1.165) is 29.0 Å². The van der Waals surface area contributed by atoms with Crippen LogP contribution in [-0.2, 0) is 5.72 Å². The lowest BCUT2D eigenvalue weighted by atomic mass is 9.92. The van der Waals surface area contributed by atoms with Crippen LogP contribution >= 0.6 is 11.6 Å². The summed E-state index contributed by atoms with van der Waals surface area (Å²) in [5.41, 5.74) is 5.02. The Morgan fingerprint density at radius 1 is 1.00 bits per heavy atom. The van der Waals surface area contributed by atoms with Crippen LogP contribution in [0, 0.1) is 6.92 Å². The van der Waals surface area contributed by atoms with Crippen molar-refractivity contribution in [3.63, 3.8) is 0 Å². The summed E-state index contributed by atoms with van der Waals surface area (Å²) < 4.78 is 6.54. The van der Waals surface area contributed by atoms with Crippen molar-refractivity contribution in [3.05, 3.63) is 100 Å². The first-order valence-corrected chi connectivity index (χ1v) is 9.90. The Labute approximate surface area is 170 Å². The summed E-state index contributed by atoms with van der Waals surface area (Å²) in [5.74, 6) is 0.918. The van der Waals surface area contributed by atoms with E-state index >= 15 is 0 Å². The topological polar surface area (TPSA) is 24.8 Å². The van der Waals surface area contributed by atoms with Gasteiger partial charge >= 0.3 is 0 Å². The molecule has 0 aromatic heterocycles. The number of aryl methyl sites for hydroxylation is 1. The molecule has 0 fully saturated rings. The fourth-order valence-electron chi connectivity index (χ4n) is 4.13. The number of rotatable bonds is 2. The maximum Gasteiger partial charge on any atom is 0.221 e. The first-order chi connectivity index (χ1) is 13.5. The maximum atomic E-state index is 6.54. The van der Waals surface area contributed by atoms with Gasteiger partial charge in [0.2, 0.25) is 5.72 Å². The Hall–Kier alpha value is -2.78. The molecule has 3 aromatic rings. The molecular weight excluding hydrogens is 368 g/mol. The van der Waals surface area contributed by atoms with Crippen molar-refractivity contribution in [2.45, 2.75) is 32.0 Å². The predicted octanol–water partition coefficient (Wildman–Crippen LogP) is 6.06. The monoisotopic (exact) mass is 388 g/mol. The molecule has 0 saturated heterocycles. The molecule has 3 aromatic carbocycles. The Morgan fingerprint density at radius 3 is 2.46 bits per heavy atom. The average Bonchev–Trinajstić information content (AvgIpc) is 3.16. The second-order valence-corrected chi connectivity index (χ2v) is 8.04. The van der Waals surface area contributed by atoms with Crippen molar-refractivity contribution < 1.29 is 4.74 Å². The van der Waals surface area contributed by atoms with Crippen molar-refractivity contribution in [1.82, 2.24) is 5.01 Å². The van der Waals surface area contributed by atoms with E-state index in [0.29, 0.717) is 5.02 Å². The van der Waals surface area contributed by atoms with Gasteiger partial charge in [-0.15, -0.1) is 0 Å². The van der Waals surface area contributed by atoms with Gasteiger partial charge in [-0.25, -0.2) is 5.01 Å². The molecule has 28 heavy (non-hydrogen) atoms. The third-order valence-corrected chi connectivity index (χ3v) is 5.95. The van der Waals surface area contributed by atoms with E-state index in [1.54, 1.807) is 0 Å². The third kappa shape index (κ3) is 2.70. The molecule has 2 heterocycles. The summed E-state index contributed by atoms with van der Waals surface area (Å²) in [7, 11) is 0. The summed E-state index contributed by atoms with van der Waals surface area (Å²) in [6.07, 6.45) is 0.854. The van der Waals surface area contributed by atoms with E-state index in [4.69, 9.17) is 21.4 Å². The van der Waals surface area contributed by atoms with Crippen molar-refractivity contribution in [2.24, 2.45) is 5.10 Å².